The highest BCUT2D eigenvalue weighted by Gasteiger charge is 2.09. The van der Waals surface area contributed by atoms with E-state index in [4.69, 9.17) is 22.3 Å². The summed E-state index contributed by atoms with van der Waals surface area (Å²) in [5.41, 5.74) is 17.6. The van der Waals surface area contributed by atoms with Gasteiger partial charge in [0, 0.05) is 5.69 Å². The molecule has 0 aliphatic rings. The standard InChI is InChI=1S/C9H9NO.C6H14N2O2/c10-9-6-2-1-4-8(9)5-3-7-11;7-4-2-1-3-5(8)6(9)10/h1-7H,10H2;5H,1-4,7-8H2,(H,9,10)/b5-3+;. The number of hydrogen-bond acceptors (Lipinski definition) is 5. The van der Waals surface area contributed by atoms with E-state index in [9.17, 15) is 9.59 Å². The van der Waals surface area contributed by atoms with Gasteiger partial charge in [-0.15, -0.1) is 0 Å². The number of rotatable bonds is 7. The summed E-state index contributed by atoms with van der Waals surface area (Å²) in [7, 11) is 0. The molecule has 7 N–H and O–H groups in total. The normalized spacial score (nSPS) is 11.5. The Kier molecular flexibility index (Phi) is 10.4. The maximum atomic E-state index is 10.1. The minimum atomic E-state index is -0.933. The number of unbranched alkanes of at least 4 members (excludes halogenated alkanes) is 1. The van der Waals surface area contributed by atoms with Gasteiger partial charge in [0.2, 0.25) is 0 Å². The molecule has 0 aliphatic carbocycles. The topological polar surface area (TPSA) is 132 Å². The van der Waals surface area contributed by atoms with Gasteiger partial charge in [-0.2, -0.15) is 0 Å². The number of carbonyl (C=O) groups excluding carboxylic acids is 1. The van der Waals surface area contributed by atoms with Crippen LogP contribution in [-0.2, 0) is 9.59 Å². The molecule has 0 heterocycles. The maximum Gasteiger partial charge on any atom is 0.320 e. The molecule has 116 valence electrons. The fourth-order valence-electron chi connectivity index (χ4n) is 1.44. The molecule has 0 fully saturated rings. The summed E-state index contributed by atoms with van der Waals surface area (Å²) in [4.78, 5) is 20.1. The number of hydrogen-bond donors (Lipinski definition) is 4. The first kappa shape index (κ1) is 18.8. The van der Waals surface area contributed by atoms with Crippen LogP contribution in [0.3, 0.4) is 0 Å². The van der Waals surface area contributed by atoms with Crippen molar-refractivity contribution in [2.45, 2.75) is 25.3 Å². The molecule has 0 amide bonds. The highest BCUT2D eigenvalue weighted by molar-refractivity contribution is 5.77. The Morgan fingerprint density at radius 2 is 1.95 bits per heavy atom. The van der Waals surface area contributed by atoms with Crippen LogP contribution in [0.4, 0.5) is 5.69 Å². The summed E-state index contributed by atoms with van der Waals surface area (Å²) in [6.45, 7) is 0.604. The number of carbonyl (C=O) groups is 2. The Balaban J connectivity index is 0.000000384. The van der Waals surface area contributed by atoms with Crippen LogP contribution in [0.25, 0.3) is 6.08 Å². The summed E-state index contributed by atoms with van der Waals surface area (Å²) in [5.74, 6) is -0.933. The zero-order valence-electron chi connectivity index (χ0n) is 11.9. The van der Waals surface area contributed by atoms with E-state index in [1.807, 2.05) is 18.2 Å². The molecule has 1 unspecified atom stereocenters. The number of aldehydes is 1. The van der Waals surface area contributed by atoms with Crippen LogP contribution in [-0.4, -0.2) is 29.9 Å². The maximum absolute atomic E-state index is 10.1. The number of aliphatic carboxylic acids is 1. The van der Waals surface area contributed by atoms with Crippen molar-refractivity contribution in [3.8, 4) is 0 Å². The number of benzene rings is 1. The van der Waals surface area contributed by atoms with E-state index in [1.165, 1.54) is 6.08 Å². The predicted octanol–water partition coefficient (Wildman–Crippen LogP) is 1.01. The van der Waals surface area contributed by atoms with Crippen molar-refractivity contribution in [2.75, 3.05) is 12.3 Å². The molecule has 0 saturated carbocycles. The van der Waals surface area contributed by atoms with Crippen LogP contribution >= 0.6 is 0 Å². The fraction of sp³-hybridized carbons (Fsp3) is 0.333. The first-order chi connectivity index (χ1) is 10.0. The Hall–Kier alpha value is -2.18. The summed E-state index contributed by atoms with van der Waals surface area (Å²) in [6.07, 6.45) is 6.00. The molecule has 1 aromatic rings. The third kappa shape index (κ3) is 9.37. The summed E-state index contributed by atoms with van der Waals surface area (Å²) in [5, 5.41) is 8.33. The summed E-state index contributed by atoms with van der Waals surface area (Å²) >= 11 is 0. The Morgan fingerprint density at radius 3 is 2.48 bits per heavy atom. The molecular weight excluding hydrogens is 270 g/mol. The zero-order valence-corrected chi connectivity index (χ0v) is 11.9. The molecule has 21 heavy (non-hydrogen) atoms. The van der Waals surface area contributed by atoms with Crippen molar-refractivity contribution < 1.29 is 14.7 Å². The Labute approximate surface area is 124 Å². The third-order valence-electron chi connectivity index (χ3n) is 2.64. The van der Waals surface area contributed by atoms with Crippen LogP contribution in [0.1, 0.15) is 24.8 Å². The van der Waals surface area contributed by atoms with Crippen LogP contribution < -0.4 is 17.2 Å². The number of allylic oxidation sites excluding steroid dienone is 1. The highest BCUT2D eigenvalue weighted by Crippen LogP contribution is 2.11. The number of nitrogen functional groups attached to an aromatic ring is 1. The van der Waals surface area contributed by atoms with Gasteiger partial charge in [0.1, 0.15) is 12.3 Å². The molecular formula is C15H23N3O3. The first-order valence-electron chi connectivity index (χ1n) is 6.67. The van der Waals surface area contributed by atoms with Gasteiger partial charge in [0.25, 0.3) is 0 Å². The SMILES string of the molecule is NCCCCC(N)C(=O)O.Nc1ccccc1/C=C/C=O. The lowest BCUT2D eigenvalue weighted by Crippen LogP contribution is -2.29. The molecule has 1 aromatic carbocycles. The van der Waals surface area contributed by atoms with E-state index in [-0.39, 0.29) is 0 Å². The fourth-order valence-corrected chi connectivity index (χ4v) is 1.44. The van der Waals surface area contributed by atoms with Crippen molar-refractivity contribution in [1.82, 2.24) is 0 Å². The molecule has 6 nitrogen and oxygen atoms in total. The van der Waals surface area contributed by atoms with Crippen LogP contribution in [0.2, 0.25) is 0 Å². The Morgan fingerprint density at radius 1 is 1.29 bits per heavy atom. The zero-order chi connectivity index (χ0) is 16.1. The number of anilines is 1. The molecule has 0 saturated heterocycles. The lowest BCUT2D eigenvalue weighted by molar-refractivity contribution is -0.138. The van der Waals surface area contributed by atoms with Gasteiger partial charge in [-0.1, -0.05) is 24.6 Å². The van der Waals surface area contributed by atoms with Gasteiger partial charge in [-0.05, 0) is 43.2 Å². The van der Waals surface area contributed by atoms with Crippen molar-refractivity contribution in [2.24, 2.45) is 11.5 Å². The second-order valence-corrected chi connectivity index (χ2v) is 4.35. The Bertz CT molecular complexity index is 461. The average molecular weight is 293 g/mol. The molecule has 1 atom stereocenters. The van der Waals surface area contributed by atoms with Crippen molar-refractivity contribution >= 4 is 24.0 Å². The van der Waals surface area contributed by atoms with Gasteiger partial charge in [0.15, 0.2) is 0 Å². The lowest BCUT2D eigenvalue weighted by Gasteiger charge is -2.03. The lowest BCUT2D eigenvalue weighted by atomic mass is 10.1. The van der Waals surface area contributed by atoms with Crippen LogP contribution in [0, 0.1) is 0 Å². The average Bonchev–Trinajstić information content (AvgIpc) is 2.47. The van der Waals surface area contributed by atoms with Crippen molar-refractivity contribution in [1.29, 1.82) is 0 Å². The van der Waals surface area contributed by atoms with Gasteiger partial charge >= 0.3 is 5.97 Å². The quantitative estimate of drug-likeness (QED) is 0.257. The summed E-state index contributed by atoms with van der Waals surface area (Å²) < 4.78 is 0. The molecule has 1 rings (SSSR count). The molecule has 0 spiro atoms. The number of para-hydroxylation sites is 1. The summed E-state index contributed by atoms with van der Waals surface area (Å²) in [6, 6.07) is 6.67. The highest BCUT2D eigenvalue weighted by atomic mass is 16.4. The largest absolute Gasteiger partial charge is 0.480 e. The molecule has 6 heteroatoms. The van der Waals surface area contributed by atoms with Crippen molar-refractivity contribution in [3.63, 3.8) is 0 Å². The smallest absolute Gasteiger partial charge is 0.320 e. The van der Waals surface area contributed by atoms with E-state index in [0.29, 0.717) is 18.7 Å². The van der Waals surface area contributed by atoms with Gasteiger partial charge in [-0.3, -0.25) is 9.59 Å². The van der Waals surface area contributed by atoms with E-state index in [2.05, 4.69) is 0 Å². The second-order valence-electron chi connectivity index (χ2n) is 4.35. The van der Waals surface area contributed by atoms with E-state index in [1.54, 1.807) is 12.1 Å². The monoisotopic (exact) mass is 293 g/mol. The molecule has 0 bridgehead atoms. The van der Waals surface area contributed by atoms with E-state index >= 15 is 0 Å². The van der Waals surface area contributed by atoms with Crippen LogP contribution in [0.15, 0.2) is 30.3 Å². The van der Waals surface area contributed by atoms with Gasteiger partial charge in [-0.25, -0.2) is 0 Å². The van der Waals surface area contributed by atoms with Crippen molar-refractivity contribution in [3.05, 3.63) is 35.9 Å². The number of nitrogens with two attached hydrogens (primary N) is 3. The molecule has 0 aliphatic heterocycles. The number of carboxylic acid groups (broad SMARTS) is 1. The molecule has 0 aromatic heterocycles. The predicted molar refractivity (Wildman–Crippen MR) is 84.5 cm³/mol. The number of carboxylic acids is 1. The third-order valence-corrected chi connectivity index (χ3v) is 2.64. The van der Waals surface area contributed by atoms with Gasteiger partial charge in [0.05, 0.1) is 0 Å². The second kappa shape index (κ2) is 11.6. The van der Waals surface area contributed by atoms with E-state index < -0.39 is 12.0 Å². The minimum Gasteiger partial charge on any atom is -0.480 e. The molecule has 0 radical (unpaired) electrons. The van der Waals surface area contributed by atoms with Crippen LogP contribution in [0.5, 0.6) is 0 Å². The van der Waals surface area contributed by atoms with Gasteiger partial charge < -0.3 is 22.3 Å². The van der Waals surface area contributed by atoms with E-state index in [0.717, 1.165) is 24.7 Å². The first-order valence-corrected chi connectivity index (χ1v) is 6.67. The minimum absolute atomic E-state index is 0.520.